The van der Waals surface area contributed by atoms with Crippen LogP contribution in [0.2, 0.25) is 0 Å². The van der Waals surface area contributed by atoms with E-state index in [1.165, 1.54) is 6.39 Å². The maximum atomic E-state index is 5.98. The largest absolute Gasteiger partial charge is 0.496 e. The minimum atomic E-state index is -0.318. The number of ether oxygens (including phenoxy) is 2. The summed E-state index contributed by atoms with van der Waals surface area (Å²) in [5.74, 6) is 1.53. The molecule has 0 saturated heterocycles. The number of hydrogen-bond acceptors (Lipinski definition) is 4. The minimum Gasteiger partial charge on any atom is -0.496 e. The monoisotopic (exact) mass is 283 g/mol. The highest BCUT2D eigenvalue weighted by Gasteiger charge is 2.23. The molecule has 0 spiro atoms. The van der Waals surface area contributed by atoms with Gasteiger partial charge in [-0.15, -0.1) is 0 Å². The molecule has 1 aliphatic heterocycles. The van der Waals surface area contributed by atoms with Crippen molar-refractivity contribution >= 4 is 17.0 Å². The third-order valence-corrected chi connectivity index (χ3v) is 3.33. The molecule has 0 saturated carbocycles. The van der Waals surface area contributed by atoms with Gasteiger partial charge in [0.2, 0.25) is 0 Å². The molecular formula is C17H17NO3. The van der Waals surface area contributed by atoms with Gasteiger partial charge in [0, 0.05) is 10.9 Å². The molecule has 1 aromatic heterocycles. The molecule has 0 amide bonds. The quantitative estimate of drug-likeness (QED) is 0.788. The Bertz CT molecular complexity index is 758. The lowest BCUT2D eigenvalue weighted by molar-refractivity contribution is 0.159. The molecular weight excluding hydrogens is 266 g/mol. The average molecular weight is 283 g/mol. The lowest BCUT2D eigenvalue weighted by Crippen LogP contribution is -2.27. The van der Waals surface area contributed by atoms with Crippen molar-refractivity contribution in [2.45, 2.75) is 19.4 Å². The van der Waals surface area contributed by atoms with Crippen molar-refractivity contribution in [3.63, 3.8) is 0 Å². The van der Waals surface area contributed by atoms with Crippen LogP contribution in [0, 0.1) is 0 Å². The first-order chi connectivity index (χ1) is 10.1. The Labute approximate surface area is 123 Å². The molecule has 0 bridgehead atoms. The molecule has 108 valence electrons. The molecule has 4 heteroatoms. The summed E-state index contributed by atoms with van der Waals surface area (Å²) in [7, 11) is 1.64. The van der Waals surface area contributed by atoms with Crippen LogP contribution in [-0.2, 0) is 0 Å². The Hall–Kier alpha value is -2.49. The van der Waals surface area contributed by atoms with Crippen molar-refractivity contribution in [2.75, 3.05) is 7.11 Å². The predicted molar refractivity (Wildman–Crippen MR) is 81.9 cm³/mol. The number of hydrogen-bond donors (Lipinski definition) is 0. The SMILES string of the molecule is COc1cccocnc2c3c(ccc12)OC(C)(C)C=C3. The van der Waals surface area contributed by atoms with Gasteiger partial charge in [0.15, 0.2) is 6.39 Å². The Morgan fingerprint density at radius 2 is 2.05 bits per heavy atom. The summed E-state index contributed by atoms with van der Waals surface area (Å²) in [4.78, 5) is 4.42. The van der Waals surface area contributed by atoms with Gasteiger partial charge in [-0.1, -0.05) is 0 Å². The minimum absolute atomic E-state index is 0.318. The molecule has 0 fully saturated rings. The zero-order chi connectivity index (χ0) is 14.9. The molecule has 0 aliphatic carbocycles. The van der Waals surface area contributed by atoms with E-state index < -0.39 is 0 Å². The fraction of sp³-hybridized carbons (Fsp3) is 0.235. The second-order valence-electron chi connectivity index (χ2n) is 5.35. The highest BCUT2D eigenvalue weighted by molar-refractivity contribution is 5.93. The highest BCUT2D eigenvalue weighted by Crippen LogP contribution is 2.36. The smallest absolute Gasteiger partial charge is 0.180 e. The topological polar surface area (TPSA) is 44.5 Å². The number of rotatable bonds is 1. The van der Waals surface area contributed by atoms with Crippen LogP contribution >= 0.6 is 0 Å². The van der Waals surface area contributed by atoms with E-state index in [1.54, 1.807) is 19.4 Å². The van der Waals surface area contributed by atoms with Crippen LogP contribution < -0.4 is 9.47 Å². The van der Waals surface area contributed by atoms with E-state index in [0.717, 1.165) is 28.0 Å². The summed E-state index contributed by atoms with van der Waals surface area (Å²) in [6.07, 6.45) is 7.02. The molecule has 0 N–H and O–H groups in total. The third-order valence-electron chi connectivity index (χ3n) is 3.33. The second-order valence-corrected chi connectivity index (χ2v) is 5.35. The van der Waals surface area contributed by atoms with E-state index in [-0.39, 0.29) is 5.60 Å². The molecule has 0 radical (unpaired) electrons. The van der Waals surface area contributed by atoms with E-state index in [2.05, 4.69) is 4.98 Å². The zero-order valence-corrected chi connectivity index (χ0v) is 12.3. The van der Waals surface area contributed by atoms with Gasteiger partial charge in [0.1, 0.15) is 17.1 Å². The van der Waals surface area contributed by atoms with Crippen LogP contribution in [0.1, 0.15) is 19.4 Å². The van der Waals surface area contributed by atoms with Crippen molar-refractivity contribution < 1.29 is 13.9 Å². The Morgan fingerprint density at radius 3 is 2.86 bits per heavy atom. The number of aromatic nitrogens is 1. The van der Waals surface area contributed by atoms with E-state index in [0.29, 0.717) is 0 Å². The van der Waals surface area contributed by atoms with Crippen molar-refractivity contribution in [1.82, 2.24) is 4.98 Å². The number of benzene rings is 1. The van der Waals surface area contributed by atoms with E-state index in [1.807, 2.05) is 44.2 Å². The molecule has 0 unspecified atom stereocenters. The summed E-state index contributed by atoms with van der Waals surface area (Å²) in [5.41, 5.74) is 1.38. The maximum absolute atomic E-state index is 5.98. The van der Waals surface area contributed by atoms with Crippen molar-refractivity contribution in [2.24, 2.45) is 0 Å². The summed E-state index contributed by atoms with van der Waals surface area (Å²) in [5, 5.41) is 0.899. The first-order valence-corrected chi connectivity index (χ1v) is 6.75. The second kappa shape index (κ2) is 5.13. The van der Waals surface area contributed by atoms with E-state index >= 15 is 0 Å². The molecule has 2 heterocycles. The van der Waals surface area contributed by atoms with Gasteiger partial charge in [-0.05, 0) is 50.3 Å². The van der Waals surface area contributed by atoms with Crippen molar-refractivity contribution in [1.29, 1.82) is 0 Å². The predicted octanol–water partition coefficient (Wildman–Crippen LogP) is 4.15. The Balaban J connectivity index is 2.38. The molecule has 3 rings (SSSR count). The van der Waals surface area contributed by atoms with Gasteiger partial charge in [-0.3, -0.25) is 0 Å². The fourth-order valence-corrected chi connectivity index (χ4v) is 2.34. The molecule has 1 aromatic carbocycles. The van der Waals surface area contributed by atoms with Gasteiger partial charge >= 0.3 is 0 Å². The van der Waals surface area contributed by atoms with Crippen molar-refractivity contribution in [3.05, 3.63) is 48.6 Å². The van der Waals surface area contributed by atoms with Gasteiger partial charge in [0.05, 0.1) is 18.9 Å². The van der Waals surface area contributed by atoms with Crippen LogP contribution in [0.3, 0.4) is 0 Å². The number of nitrogens with zero attached hydrogens (tertiary/aromatic N) is 1. The van der Waals surface area contributed by atoms with Crippen LogP contribution in [0.25, 0.3) is 17.0 Å². The van der Waals surface area contributed by atoms with Gasteiger partial charge in [0.25, 0.3) is 0 Å². The standard InChI is InChI=1S/C17H17NO3/c1-17(2)9-8-13-15(21-17)7-6-12-14(19-3)5-4-10-20-11-18-16(12)13/h4-11H,1-3H3. The molecule has 0 atom stereocenters. The van der Waals surface area contributed by atoms with Gasteiger partial charge < -0.3 is 13.9 Å². The first-order valence-electron chi connectivity index (χ1n) is 6.75. The third kappa shape index (κ3) is 2.57. The van der Waals surface area contributed by atoms with E-state index in [9.17, 15) is 0 Å². The fourth-order valence-electron chi connectivity index (χ4n) is 2.34. The Kier molecular flexibility index (Phi) is 3.29. The average Bonchev–Trinajstić information content (AvgIpc) is 2.55. The van der Waals surface area contributed by atoms with E-state index in [4.69, 9.17) is 13.9 Å². The number of methoxy groups -OCH3 is 1. The summed E-state index contributed by atoms with van der Waals surface area (Å²) >= 11 is 0. The molecule has 2 aromatic rings. The van der Waals surface area contributed by atoms with Crippen LogP contribution in [0.4, 0.5) is 0 Å². The molecule has 21 heavy (non-hydrogen) atoms. The Morgan fingerprint density at radius 1 is 1.19 bits per heavy atom. The normalized spacial score (nSPS) is 15.0. The van der Waals surface area contributed by atoms with Crippen LogP contribution in [-0.4, -0.2) is 17.7 Å². The van der Waals surface area contributed by atoms with Crippen LogP contribution in [0.15, 0.2) is 47.4 Å². The lowest BCUT2D eigenvalue weighted by atomic mass is 10.0. The molecule has 4 nitrogen and oxygen atoms in total. The summed E-state index contributed by atoms with van der Waals surface area (Å²) in [6.45, 7) is 4.04. The maximum Gasteiger partial charge on any atom is 0.180 e. The summed E-state index contributed by atoms with van der Waals surface area (Å²) in [6, 6.07) is 7.52. The number of fused-ring (bicyclic) bond motifs is 3. The molecule has 1 aliphatic rings. The first kappa shape index (κ1) is 13.5. The van der Waals surface area contributed by atoms with Crippen molar-refractivity contribution in [3.8, 4) is 11.5 Å². The summed E-state index contributed by atoms with van der Waals surface area (Å²) < 4.78 is 16.6. The van der Waals surface area contributed by atoms with Crippen LogP contribution in [0.5, 0.6) is 11.5 Å². The highest BCUT2D eigenvalue weighted by atomic mass is 16.5. The zero-order valence-electron chi connectivity index (χ0n) is 12.3. The van der Waals surface area contributed by atoms with Gasteiger partial charge in [-0.25, -0.2) is 4.98 Å². The van der Waals surface area contributed by atoms with Gasteiger partial charge in [-0.2, -0.15) is 0 Å². The lowest BCUT2D eigenvalue weighted by Gasteiger charge is -2.28.